The number of ether oxygens (including phenoxy) is 2. The third kappa shape index (κ3) is 27.3. The van der Waals surface area contributed by atoms with Gasteiger partial charge in [-0.3, -0.25) is 14.4 Å². The number of nitrogens with zero attached hydrogens (tertiary/aromatic N) is 1. The number of ketones is 1. The molecule has 1 aliphatic carbocycles. The SMILES string of the molecule is CCCCCC(CCCCC)CCOC(=O)CCCCCCCN(CCCCCCCC(=O)OCCC(CCCC)CCCC)CCCNC1=C(NC)C(=O)C1O. The fraction of sp³-hybridized carbons (Fsp3) is 0.896. The molecule has 0 heterocycles. The van der Waals surface area contributed by atoms with Gasteiger partial charge in [-0.15, -0.1) is 0 Å². The number of esters is 2. The molecule has 3 N–H and O–H groups in total. The predicted molar refractivity (Wildman–Crippen MR) is 237 cm³/mol. The number of carbonyl (C=O) groups is 3. The van der Waals surface area contributed by atoms with Crippen LogP contribution < -0.4 is 10.6 Å². The maximum atomic E-state index is 12.4. The Morgan fingerprint density at radius 2 is 1.00 bits per heavy atom. The van der Waals surface area contributed by atoms with Crippen molar-refractivity contribution < 1.29 is 29.0 Å². The summed E-state index contributed by atoms with van der Waals surface area (Å²) in [5.74, 6) is 1.07. The van der Waals surface area contributed by atoms with Gasteiger partial charge in [0.15, 0.2) is 6.10 Å². The van der Waals surface area contributed by atoms with Crippen molar-refractivity contribution in [2.75, 3.05) is 46.4 Å². The normalized spacial score (nSPS) is 14.2. The Hall–Kier alpha value is -2.13. The van der Waals surface area contributed by atoms with Gasteiger partial charge in [0.05, 0.1) is 18.9 Å². The van der Waals surface area contributed by atoms with Gasteiger partial charge in [-0.2, -0.15) is 0 Å². The Balaban J connectivity index is 2.33. The second kappa shape index (κ2) is 36.9. The lowest BCUT2D eigenvalue weighted by Crippen LogP contribution is -2.47. The Morgan fingerprint density at radius 1 is 0.579 bits per heavy atom. The molecule has 0 amide bonds. The molecule has 0 saturated heterocycles. The first kappa shape index (κ1) is 52.9. The van der Waals surface area contributed by atoms with Gasteiger partial charge in [0.2, 0.25) is 5.78 Å². The number of hydrogen-bond donors (Lipinski definition) is 3. The van der Waals surface area contributed by atoms with Crippen molar-refractivity contribution in [2.24, 2.45) is 11.8 Å². The zero-order chi connectivity index (χ0) is 41.8. The Kier molecular flexibility index (Phi) is 34.2. The number of nitrogens with one attached hydrogen (secondary N) is 2. The van der Waals surface area contributed by atoms with E-state index in [1.54, 1.807) is 7.05 Å². The van der Waals surface area contributed by atoms with E-state index in [1.807, 2.05) is 0 Å². The first-order valence-electron chi connectivity index (χ1n) is 24.2. The fourth-order valence-electron chi connectivity index (χ4n) is 8.07. The van der Waals surface area contributed by atoms with Crippen molar-refractivity contribution in [2.45, 2.75) is 220 Å². The van der Waals surface area contributed by atoms with Crippen LogP contribution in [0.2, 0.25) is 0 Å². The van der Waals surface area contributed by atoms with E-state index in [4.69, 9.17) is 9.47 Å². The predicted octanol–water partition coefficient (Wildman–Crippen LogP) is 11.0. The summed E-state index contributed by atoms with van der Waals surface area (Å²) in [5, 5.41) is 16.2. The zero-order valence-electron chi connectivity index (χ0n) is 37.9. The molecule has 1 aliphatic rings. The molecule has 0 aromatic rings. The van der Waals surface area contributed by atoms with Crippen LogP contribution >= 0.6 is 0 Å². The van der Waals surface area contributed by atoms with Crippen LogP contribution in [-0.4, -0.2) is 80.3 Å². The average molecular weight is 806 g/mol. The molecule has 334 valence electrons. The number of rotatable bonds is 42. The minimum atomic E-state index is -1.03. The molecule has 1 unspecified atom stereocenters. The van der Waals surface area contributed by atoms with Crippen molar-refractivity contribution in [1.82, 2.24) is 15.5 Å². The summed E-state index contributed by atoms with van der Waals surface area (Å²) in [6.45, 7) is 13.9. The van der Waals surface area contributed by atoms with E-state index in [2.05, 4.69) is 43.2 Å². The van der Waals surface area contributed by atoms with Crippen LogP contribution in [-0.2, 0) is 23.9 Å². The second-order valence-electron chi connectivity index (χ2n) is 17.0. The summed E-state index contributed by atoms with van der Waals surface area (Å²) in [7, 11) is 1.71. The second-order valence-corrected chi connectivity index (χ2v) is 17.0. The zero-order valence-corrected chi connectivity index (χ0v) is 37.9. The van der Waals surface area contributed by atoms with Crippen LogP contribution in [0.25, 0.3) is 0 Å². The van der Waals surface area contributed by atoms with Gasteiger partial charge in [0.25, 0.3) is 0 Å². The number of unbranched alkanes of at least 4 members (excludes halogenated alkanes) is 14. The lowest BCUT2D eigenvalue weighted by Gasteiger charge is -2.29. The smallest absolute Gasteiger partial charge is 0.305 e. The Bertz CT molecular complexity index is 1020. The molecule has 0 spiro atoms. The maximum Gasteiger partial charge on any atom is 0.305 e. The van der Waals surface area contributed by atoms with E-state index in [1.165, 1.54) is 89.9 Å². The molecule has 0 bridgehead atoms. The number of Topliss-reactive ketones (excluding diaryl/α,β-unsaturated/α-hetero) is 1. The summed E-state index contributed by atoms with van der Waals surface area (Å²) in [6.07, 6.45) is 31.5. The minimum absolute atomic E-state index is 0.0315. The number of aliphatic hydroxyl groups excluding tert-OH is 1. The maximum absolute atomic E-state index is 12.4. The summed E-state index contributed by atoms with van der Waals surface area (Å²) in [4.78, 5) is 39.1. The molecule has 0 saturated carbocycles. The van der Waals surface area contributed by atoms with Crippen molar-refractivity contribution in [3.8, 4) is 0 Å². The van der Waals surface area contributed by atoms with E-state index in [9.17, 15) is 19.5 Å². The summed E-state index contributed by atoms with van der Waals surface area (Å²) >= 11 is 0. The Morgan fingerprint density at radius 3 is 1.46 bits per heavy atom. The monoisotopic (exact) mass is 806 g/mol. The van der Waals surface area contributed by atoms with Gasteiger partial charge >= 0.3 is 11.9 Å². The van der Waals surface area contributed by atoms with Crippen LogP contribution in [0, 0.1) is 11.8 Å². The molecular formula is C48H91N3O6. The average Bonchev–Trinajstić information content (AvgIpc) is 3.21. The van der Waals surface area contributed by atoms with Crippen molar-refractivity contribution in [3.63, 3.8) is 0 Å². The fourth-order valence-corrected chi connectivity index (χ4v) is 8.07. The highest BCUT2D eigenvalue weighted by molar-refractivity contribution is 6.07. The summed E-state index contributed by atoms with van der Waals surface area (Å²) < 4.78 is 11.3. The minimum Gasteiger partial charge on any atom is -0.466 e. The highest BCUT2D eigenvalue weighted by atomic mass is 16.5. The molecule has 0 fully saturated rings. The molecule has 0 aliphatic heterocycles. The third-order valence-corrected chi connectivity index (χ3v) is 11.9. The molecule has 0 aromatic carbocycles. The van der Waals surface area contributed by atoms with Crippen molar-refractivity contribution in [3.05, 3.63) is 11.4 Å². The number of aliphatic hydroxyl groups is 1. The molecule has 1 rings (SSSR count). The van der Waals surface area contributed by atoms with E-state index in [0.29, 0.717) is 55.8 Å². The highest BCUT2D eigenvalue weighted by Crippen LogP contribution is 2.23. The van der Waals surface area contributed by atoms with Crippen LogP contribution in [0.4, 0.5) is 0 Å². The van der Waals surface area contributed by atoms with E-state index in [0.717, 1.165) is 103 Å². The van der Waals surface area contributed by atoms with Crippen LogP contribution in [0.5, 0.6) is 0 Å². The number of likely N-dealkylation sites (N-methyl/N-ethyl adjacent to an activating group) is 1. The van der Waals surface area contributed by atoms with Gasteiger partial charge < -0.3 is 30.1 Å². The summed E-state index contributed by atoms with van der Waals surface area (Å²) in [5.41, 5.74) is 1.10. The third-order valence-electron chi connectivity index (χ3n) is 11.9. The van der Waals surface area contributed by atoms with Crippen LogP contribution in [0.1, 0.15) is 214 Å². The first-order chi connectivity index (χ1) is 27.8. The lowest BCUT2D eigenvalue weighted by atomic mass is 9.92. The van der Waals surface area contributed by atoms with E-state index >= 15 is 0 Å². The Labute approximate surface area is 351 Å². The van der Waals surface area contributed by atoms with Gasteiger partial charge in [0.1, 0.15) is 5.70 Å². The van der Waals surface area contributed by atoms with Gasteiger partial charge in [-0.1, -0.05) is 156 Å². The van der Waals surface area contributed by atoms with E-state index in [-0.39, 0.29) is 17.7 Å². The lowest BCUT2D eigenvalue weighted by molar-refractivity contribution is -0.145. The largest absolute Gasteiger partial charge is 0.466 e. The van der Waals surface area contributed by atoms with Crippen LogP contribution in [0.15, 0.2) is 11.4 Å². The molecular weight excluding hydrogens is 715 g/mol. The van der Waals surface area contributed by atoms with Gasteiger partial charge in [0, 0.05) is 26.4 Å². The number of hydrogen-bond acceptors (Lipinski definition) is 9. The first-order valence-corrected chi connectivity index (χ1v) is 24.2. The van der Waals surface area contributed by atoms with Crippen molar-refractivity contribution in [1.29, 1.82) is 0 Å². The quantitative estimate of drug-likeness (QED) is 0.0409. The molecule has 0 aromatic heterocycles. The van der Waals surface area contributed by atoms with E-state index < -0.39 is 6.10 Å². The van der Waals surface area contributed by atoms with Gasteiger partial charge in [-0.05, 0) is 76.4 Å². The van der Waals surface area contributed by atoms with Gasteiger partial charge in [-0.25, -0.2) is 0 Å². The molecule has 57 heavy (non-hydrogen) atoms. The van der Waals surface area contributed by atoms with Crippen LogP contribution in [0.3, 0.4) is 0 Å². The number of carbonyl (C=O) groups excluding carboxylic acids is 3. The molecule has 0 radical (unpaired) electrons. The molecule has 1 atom stereocenters. The highest BCUT2D eigenvalue weighted by Gasteiger charge is 2.37. The van der Waals surface area contributed by atoms with Crippen molar-refractivity contribution >= 4 is 17.7 Å². The summed E-state index contributed by atoms with van der Waals surface area (Å²) in [6, 6.07) is 0. The standard InChI is InChI=1S/C48H91N3O6/c1-6-10-20-29-42(30-21-11-7-2)34-40-57-44(53)32-23-17-15-19-25-37-51(38-26-35-50-46-45(49-5)47(54)48(46)55)36-24-18-14-16-22-31-43(52)56-39-33-41(27-12-8-3)28-13-9-4/h41-42,48-50,55H,6-40H2,1-5H3. The molecule has 9 heteroatoms. The topological polar surface area (TPSA) is 117 Å². The molecule has 9 nitrogen and oxygen atoms in total.